The summed E-state index contributed by atoms with van der Waals surface area (Å²) in [6.07, 6.45) is 0.833. The second-order valence-corrected chi connectivity index (χ2v) is 18.0. The van der Waals surface area contributed by atoms with Gasteiger partial charge in [-0.05, 0) is 51.9 Å². The van der Waals surface area contributed by atoms with Gasteiger partial charge in [-0.2, -0.15) is 0 Å². The molecule has 3 heterocycles. The molecule has 5 N–H and O–H groups in total. The molecule has 4 amide bonds. The van der Waals surface area contributed by atoms with Crippen LogP contribution < -0.4 is 26.0 Å². The average molecular weight is 870 g/mol. The number of rotatable bonds is 13. The summed E-state index contributed by atoms with van der Waals surface area (Å²) in [7, 11) is 10.4. The Kier molecular flexibility index (Phi) is 16.4. The molecule has 58 heavy (non-hydrogen) atoms. The minimum Gasteiger partial charge on any atom is -0.495 e. The van der Waals surface area contributed by atoms with Gasteiger partial charge in [-0.25, -0.2) is 9.59 Å². The van der Waals surface area contributed by atoms with Crippen LogP contribution in [0.5, 0.6) is 5.75 Å². The summed E-state index contributed by atoms with van der Waals surface area (Å²) >= 11 is 6.77. The van der Waals surface area contributed by atoms with Gasteiger partial charge in [0.05, 0.1) is 31.4 Å². The first-order valence-electron chi connectivity index (χ1n) is 18.9. The monoisotopic (exact) mass is 869 g/mol. The minimum atomic E-state index is -1.85. The van der Waals surface area contributed by atoms with Gasteiger partial charge in [-0.1, -0.05) is 63.9 Å². The number of nitrogens with one attached hydrogen (secondary N) is 2. The van der Waals surface area contributed by atoms with Crippen molar-refractivity contribution < 1.29 is 52.8 Å². The van der Waals surface area contributed by atoms with E-state index in [9.17, 15) is 29.1 Å². The highest BCUT2D eigenvalue weighted by Crippen LogP contribution is 2.49. The Morgan fingerprint density at radius 3 is 2.59 bits per heavy atom. The summed E-state index contributed by atoms with van der Waals surface area (Å²) in [5.41, 5.74) is 4.35. The van der Waals surface area contributed by atoms with E-state index in [4.69, 9.17) is 41.0 Å². The number of benzene rings is 1. The third kappa shape index (κ3) is 11.2. The molecular weight excluding hydrogens is 814 g/mol. The quantitative estimate of drug-likeness (QED) is 0.0970. The van der Waals surface area contributed by atoms with E-state index in [1.165, 1.54) is 59.6 Å². The number of hydrogen-bond acceptors (Lipinski definition) is 14. The predicted octanol–water partition coefficient (Wildman–Crippen LogP) is 3.36. The molecule has 2 fully saturated rings. The summed E-state index contributed by atoms with van der Waals surface area (Å²) in [5.74, 6) is -1.36. The van der Waals surface area contributed by atoms with Crippen LogP contribution in [0.2, 0.25) is 5.02 Å². The molecule has 4 bridgehead atoms. The zero-order valence-electron chi connectivity index (χ0n) is 34.4. The summed E-state index contributed by atoms with van der Waals surface area (Å²) in [5, 5.41) is 17.3. The highest BCUT2D eigenvalue weighted by molar-refractivity contribution is 8.76. The van der Waals surface area contributed by atoms with Crippen molar-refractivity contribution >= 4 is 68.7 Å². The van der Waals surface area contributed by atoms with E-state index in [0.29, 0.717) is 29.4 Å². The summed E-state index contributed by atoms with van der Waals surface area (Å²) in [4.78, 5) is 68.2. The number of carbonyl (C=O) groups is 5. The lowest BCUT2D eigenvalue weighted by Gasteiger charge is -2.42. The van der Waals surface area contributed by atoms with E-state index in [1.54, 1.807) is 52.2 Å². The zero-order chi connectivity index (χ0) is 43.1. The molecular formula is C39H56ClN5O11S2. The number of fused-ring (bicyclic) bond motifs is 5. The zero-order valence-corrected chi connectivity index (χ0v) is 36.8. The van der Waals surface area contributed by atoms with Crippen molar-refractivity contribution in [3.63, 3.8) is 0 Å². The maximum absolute atomic E-state index is 14.2. The first kappa shape index (κ1) is 47.2. The van der Waals surface area contributed by atoms with Crippen LogP contribution in [0.15, 0.2) is 35.9 Å². The third-order valence-electron chi connectivity index (χ3n) is 10.9. The van der Waals surface area contributed by atoms with Crippen molar-refractivity contribution in [2.24, 2.45) is 11.7 Å². The molecule has 0 spiro atoms. The molecule has 4 rings (SSSR count). The van der Waals surface area contributed by atoms with Crippen LogP contribution in [0.4, 0.5) is 10.5 Å². The number of esters is 1. The number of methoxy groups -OCH3 is 2. The van der Waals surface area contributed by atoms with Crippen LogP contribution in [0.1, 0.15) is 52.5 Å². The van der Waals surface area contributed by atoms with Crippen LogP contribution in [0.25, 0.3) is 0 Å². The van der Waals surface area contributed by atoms with Crippen molar-refractivity contribution in [2.45, 2.75) is 101 Å². The first-order chi connectivity index (χ1) is 27.3. The lowest BCUT2D eigenvalue weighted by Crippen LogP contribution is -2.63. The van der Waals surface area contributed by atoms with Gasteiger partial charge < -0.3 is 49.6 Å². The van der Waals surface area contributed by atoms with E-state index in [0.717, 1.165) is 11.1 Å². The number of halogens is 1. The SMILES string of the molecule is CN[C@@H](CSSCCC(=O)N(C)[C@@H](C)C(=O)O[C@H]1CC(=O)N(C)c2cc(cc(OC)c2Cl)C/C(C)=C/C=C/[C@@H](OC)[C@@]2(O)C[C@H](OC(=O)N2)[C@@H](C)[C@@H]2O[C@@]12C)C(N)=O. The van der Waals surface area contributed by atoms with Gasteiger partial charge in [0.1, 0.15) is 40.7 Å². The molecule has 1 aromatic rings. The maximum Gasteiger partial charge on any atom is 0.409 e. The van der Waals surface area contributed by atoms with E-state index < -0.39 is 77.6 Å². The highest BCUT2D eigenvalue weighted by atomic mass is 35.5. The largest absolute Gasteiger partial charge is 0.495 e. The van der Waals surface area contributed by atoms with Gasteiger partial charge in [-0.3, -0.25) is 19.7 Å². The number of nitrogens with zero attached hydrogens (tertiary/aromatic N) is 2. The van der Waals surface area contributed by atoms with Crippen molar-refractivity contribution in [1.82, 2.24) is 15.5 Å². The van der Waals surface area contributed by atoms with Gasteiger partial charge >= 0.3 is 12.1 Å². The van der Waals surface area contributed by atoms with Crippen LogP contribution >= 0.6 is 33.2 Å². The fraction of sp³-hybridized carbons (Fsp3) is 0.615. The second-order valence-electron chi connectivity index (χ2n) is 15.0. The molecule has 1 aromatic carbocycles. The number of ether oxygens (including phenoxy) is 5. The van der Waals surface area contributed by atoms with E-state index in [1.807, 2.05) is 13.0 Å². The first-order valence-corrected chi connectivity index (χ1v) is 21.7. The number of alkyl carbamates (subject to hydrolysis) is 1. The highest BCUT2D eigenvalue weighted by Gasteiger charge is 2.64. The molecule has 16 nitrogen and oxygen atoms in total. The Bertz CT molecular complexity index is 1770. The van der Waals surface area contributed by atoms with Gasteiger partial charge in [0.15, 0.2) is 5.72 Å². The number of nitrogens with two attached hydrogens (primary N) is 1. The molecule has 322 valence electrons. The van der Waals surface area contributed by atoms with Gasteiger partial charge in [0, 0.05) is 51.5 Å². The van der Waals surface area contributed by atoms with Crippen molar-refractivity contribution in [3.05, 3.63) is 46.5 Å². The van der Waals surface area contributed by atoms with Crippen molar-refractivity contribution in [1.29, 1.82) is 0 Å². The van der Waals surface area contributed by atoms with Crippen LogP contribution in [0.3, 0.4) is 0 Å². The molecule has 9 atom stereocenters. The van der Waals surface area contributed by atoms with Crippen molar-refractivity contribution in [3.8, 4) is 5.75 Å². The molecule has 0 saturated carbocycles. The molecule has 2 saturated heterocycles. The van der Waals surface area contributed by atoms with Crippen LogP contribution in [0, 0.1) is 5.92 Å². The Morgan fingerprint density at radius 1 is 1.24 bits per heavy atom. The fourth-order valence-corrected chi connectivity index (χ4v) is 9.56. The normalized spacial score (nSPS) is 30.0. The number of anilines is 1. The Hall–Kier alpha value is -3.52. The molecule has 19 heteroatoms. The number of carbonyl (C=O) groups excluding carboxylic acids is 5. The average Bonchev–Trinajstić information content (AvgIpc) is 3.87. The van der Waals surface area contributed by atoms with Gasteiger partial charge in [0.25, 0.3) is 0 Å². The number of aliphatic hydroxyl groups is 1. The molecule has 3 aliphatic rings. The topological polar surface area (TPSA) is 212 Å². The number of amides is 4. The molecule has 3 aliphatic heterocycles. The smallest absolute Gasteiger partial charge is 0.409 e. The molecule has 0 aromatic heterocycles. The third-order valence-corrected chi connectivity index (χ3v) is 13.7. The second kappa shape index (κ2) is 20.2. The molecule has 0 aliphatic carbocycles. The standard InChI is InChI=1S/C39H56ClN5O11S2/c1-21-11-10-12-29(53-9)39(51)19-28(54-37(50)43-39)22(2)34-38(4,56-34)30(18-32(47)45(7)26-16-24(15-21)17-27(52-8)33(26)40)55-36(49)23(3)44(6)31(46)13-14-57-58-20-25(42-5)35(41)48/h10-12,16-17,22-23,25,28-30,34,42,51H,13-15,18-20H2,1-9H3,(H2,41,48)(H,43,50)/b12-10+,21-11+/t22-,23+,25+,28+,29-,30+,34+,38+,39+/m1/s1. The van der Waals surface area contributed by atoms with Crippen molar-refractivity contribution in [2.75, 3.05) is 51.8 Å². The fourth-order valence-electron chi connectivity index (χ4n) is 7.01. The summed E-state index contributed by atoms with van der Waals surface area (Å²) < 4.78 is 29.3. The molecule has 0 unspecified atom stereocenters. The van der Waals surface area contributed by atoms with Gasteiger partial charge in [-0.15, -0.1) is 0 Å². The lowest BCUT2D eigenvalue weighted by molar-refractivity contribution is -0.162. The number of allylic oxidation sites excluding steroid dienone is 3. The summed E-state index contributed by atoms with van der Waals surface area (Å²) in [6.45, 7) is 6.93. The Balaban J connectivity index is 1.63. The number of hydrogen-bond donors (Lipinski definition) is 4. The predicted molar refractivity (Wildman–Crippen MR) is 223 cm³/mol. The minimum absolute atomic E-state index is 0.0698. The van der Waals surface area contributed by atoms with Gasteiger partial charge in [0.2, 0.25) is 17.7 Å². The number of primary amides is 1. The number of epoxide rings is 1. The van der Waals surface area contributed by atoms with E-state index in [-0.39, 0.29) is 30.2 Å². The number of likely N-dealkylation sites (N-methyl/N-ethyl adjacent to an activating group) is 2. The van der Waals surface area contributed by atoms with E-state index >= 15 is 0 Å². The van der Waals surface area contributed by atoms with Crippen LogP contribution in [-0.4, -0.2) is 134 Å². The Morgan fingerprint density at radius 2 is 1.95 bits per heavy atom. The van der Waals surface area contributed by atoms with Crippen LogP contribution in [-0.2, 0) is 44.5 Å². The maximum atomic E-state index is 14.2. The molecule has 0 radical (unpaired) electrons. The van der Waals surface area contributed by atoms with E-state index in [2.05, 4.69) is 10.6 Å². The lowest BCUT2D eigenvalue weighted by atomic mass is 9.83. The summed E-state index contributed by atoms with van der Waals surface area (Å²) in [6, 6.07) is 2.02. The Labute approximate surface area is 352 Å².